The Morgan fingerprint density at radius 2 is 1.73 bits per heavy atom. The van der Waals surface area contributed by atoms with Crippen molar-refractivity contribution >= 4 is 33.5 Å². The Labute approximate surface area is 194 Å². The lowest BCUT2D eigenvalue weighted by Crippen LogP contribution is -2.41. The number of methoxy groups -OCH3 is 1. The number of hydrogen-bond acceptors (Lipinski definition) is 4. The van der Waals surface area contributed by atoms with Crippen molar-refractivity contribution in [2.24, 2.45) is 0 Å². The van der Waals surface area contributed by atoms with E-state index in [0.717, 1.165) is 16.3 Å². The van der Waals surface area contributed by atoms with Gasteiger partial charge >= 0.3 is 5.69 Å². The summed E-state index contributed by atoms with van der Waals surface area (Å²) in [5, 5.41) is 2.47. The molecule has 0 radical (unpaired) electrons. The molecule has 0 unspecified atom stereocenters. The number of benzene rings is 3. The maximum absolute atomic E-state index is 13.6. The van der Waals surface area contributed by atoms with Crippen LogP contribution in [-0.4, -0.2) is 32.4 Å². The van der Waals surface area contributed by atoms with Gasteiger partial charge in [-0.25, -0.2) is 14.3 Å². The molecule has 0 aliphatic rings. The SMILES string of the molecule is COCCn1c(=O)c2c(ncn2Cc2ccccc2Cl)n(-c2cccc3ccccc23)c1=O. The van der Waals surface area contributed by atoms with Crippen molar-refractivity contribution in [2.75, 3.05) is 13.7 Å². The smallest absolute Gasteiger partial charge is 0.337 e. The maximum atomic E-state index is 13.6. The lowest BCUT2D eigenvalue weighted by Gasteiger charge is -2.14. The predicted octanol–water partition coefficient (Wildman–Crippen LogP) is 3.85. The highest BCUT2D eigenvalue weighted by atomic mass is 35.5. The van der Waals surface area contributed by atoms with Gasteiger partial charge in [0.2, 0.25) is 0 Å². The summed E-state index contributed by atoms with van der Waals surface area (Å²) in [7, 11) is 1.54. The molecule has 0 aliphatic carbocycles. The summed E-state index contributed by atoms with van der Waals surface area (Å²) in [6.45, 7) is 0.713. The van der Waals surface area contributed by atoms with Gasteiger partial charge in [-0.15, -0.1) is 0 Å². The molecule has 2 aromatic heterocycles. The van der Waals surface area contributed by atoms with Crippen molar-refractivity contribution in [1.82, 2.24) is 18.7 Å². The molecule has 0 bridgehead atoms. The van der Waals surface area contributed by atoms with Crippen LogP contribution in [0.15, 0.2) is 82.6 Å². The van der Waals surface area contributed by atoms with Crippen LogP contribution in [0, 0.1) is 0 Å². The summed E-state index contributed by atoms with van der Waals surface area (Å²) < 4.78 is 9.62. The second kappa shape index (κ2) is 8.69. The fraction of sp³-hybridized carbons (Fsp3) is 0.160. The Balaban J connectivity index is 1.82. The van der Waals surface area contributed by atoms with Gasteiger partial charge in [0.25, 0.3) is 5.56 Å². The highest BCUT2D eigenvalue weighted by Gasteiger charge is 2.20. The molecular weight excluding hydrogens is 440 g/mol. The number of fused-ring (bicyclic) bond motifs is 2. The number of aromatic nitrogens is 4. The fourth-order valence-electron chi connectivity index (χ4n) is 4.11. The first-order valence-electron chi connectivity index (χ1n) is 10.5. The van der Waals surface area contributed by atoms with Crippen LogP contribution >= 0.6 is 11.6 Å². The van der Waals surface area contributed by atoms with E-state index in [1.54, 1.807) is 17.0 Å². The lowest BCUT2D eigenvalue weighted by molar-refractivity contribution is 0.184. The van der Waals surface area contributed by atoms with E-state index >= 15 is 0 Å². The van der Waals surface area contributed by atoms with Gasteiger partial charge in [-0.05, 0) is 23.1 Å². The molecule has 0 N–H and O–H groups in total. The van der Waals surface area contributed by atoms with Crippen LogP contribution in [0.1, 0.15) is 5.56 Å². The number of hydrogen-bond donors (Lipinski definition) is 0. The molecule has 0 saturated heterocycles. The Hall–Kier alpha value is -3.68. The third-order valence-electron chi connectivity index (χ3n) is 5.73. The highest BCUT2D eigenvalue weighted by molar-refractivity contribution is 6.31. The Morgan fingerprint density at radius 1 is 0.970 bits per heavy atom. The van der Waals surface area contributed by atoms with Crippen molar-refractivity contribution in [3.63, 3.8) is 0 Å². The lowest BCUT2D eigenvalue weighted by atomic mass is 10.1. The molecule has 0 amide bonds. The molecule has 0 aliphatic heterocycles. The summed E-state index contributed by atoms with van der Waals surface area (Å²) in [6.07, 6.45) is 1.58. The van der Waals surface area contributed by atoms with E-state index in [-0.39, 0.29) is 13.2 Å². The van der Waals surface area contributed by atoms with Crippen LogP contribution < -0.4 is 11.2 Å². The van der Waals surface area contributed by atoms with E-state index in [0.29, 0.717) is 28.4 Å². The van der Waals surface area contributed by atoms with E-state index in [1.807, 2.05) is 60.7 Å². The van der Waals surface area contributed by atoms with Crippen LogP contribution in [0.3, 0.4) is 0 Å². The largest absolute Gasteiger partial charge is 0.383 e. The summed E-state index contributed by atoms with van der Waals surface area (Å²) in [5.41, 5.74) is 1.29. The molecule has 0 fully saturated rings. The molecule has 0 spiro atoms. The van der Waals surface area contributed by atoms with E-state index in [9.17, 15) is 9.59 Å². The van der Waals surface area contributed by atoms with Crippen LogP contribution in [0.4, 0.5) is 0 Å². The molecule has 3 aromatic carbocycles. The Morgan fingerprint density at radius 3 is 2.55 bits per heavy atom. The molecule has 7 nitrogen and oxygen atoms in total. The first-order valence-corrected chi connectivity index (χ1v) is 10.9. The number of nitrogens with zero attached hydrogens (tertiary/aromatic N) is 4. The van der Waals surface area contributed by atoms with Crippen LogP contribution in [0.2, 0.25) is 5.02 Å². The number of rotatable bonds is 6. The van der Waals surface area contributed by atoms with Gasteiger partial charge in [-0.3, -0.25) is 9.36 Å². The summed E-state index contributed by atoms with van der Waals surface area (Å²) in [6, 6.07) is 21.0. The molecule has 5 aromatic rings. The zero-order chi connectivity index (χ0) is 22.9. The quantitative estimate of drug-likeness (QED) is 0.386. The van der Waals surface area contributed by atoms with Crippen molar-refractivity contribution in [3.05, 3.63) is 104 Å². The summed E-state index contributed by atoms with van der Waals surface area (Å²) in [5.74, 6) is 0. The van der Waals surface area contributed by atoms with Crippen LogP contribution in [0.5, 0.6) is 0 Å². The number of halogens is 1. The summed E-state index contributed by atoms with van der Waals surface area (Å²) in [4.78, 5) is 31.5. The molecule has 0 atom stereocenters. The minimum Gasteiger partial charge on any atom is -0.383 e. The van der Waals surface area contributed by atoms with Gasteiger partial charge in [-0.2, -0.15) is 0 Å². The van der Waals surface area contributed by atoms with E-state index in [4.69, 9.17) is 16.3 Å². The number of ether oxygens (including phenoxy) is 1. The zero-order valence-electron chi connectivity index (χ0n) is 17.9. The van der Waals surface area contributed by atoms with Gasteiger partial charge in [0.1, 0.15) is 0 Å². The maximum Gasteiger partial charge on any atom is 0.337 e. The molecule has 2 heterocycles. The third-order valence-corrected chi connectivity index (χ3v) is 6.09. The Kier molecular flexibility index (Phi) is 5.58. The third kappa shape index (κ3) is 3.65. The van der Waals surface area contributed by atoms with E-state index in [2.05, 4.69) is 4.98 Å². The molecular formula is C25H21ClN4O3. The Bertz CT molecular complexity index is 1590. The van der Waals surface area contributed by atoms with Gasteiger partial charge < -0.3 is 9.30 Å². The standard InChI is InChI=1S/C25H21ClN4O3/c1-33-14-13-29-24(31)22-23(27-16-28(22)15-18-8-3-5-11-20(18)26)30(25(29)32)21-12-6-9-17-7-2-4-10-19(17)21/h2-12,16H,13-15H2,1H3. The van der Waals surface area contributed by atoms with Crippen molar-refractivity contribution < 1.29 is 4.74 Å². The second-order valence-corrected chi connectivity index (χ2v) is 8.11. The minimum absolute atomic E-state index is 0.131. The van der Waals surface area contributed by atoms with Crippen LogP contribution in [0.25, 0.3) is 27.6 Å². The first kappa shape index (κ1) is 21.2. The molecule has 33 heavy (non-hydrogen) atoms. The molecule has 0 saturated carbocycles. The van der Waals surface area contributed by atoms with Gasteiger partial charge in [-0.1, -0.05) is 66.2 Å². The average molecular weight is 461 g/mol. The second-order valence-electron chi connectivity index (χ2n) is 7.70. The number of imidazole rings is 1. The minimum atomic E-state index is -0.455. The summed E-state index contributed by atoms with van der Waals surface area (Å²) >= 11 is 6.36. The molecule has 166 valence electrons. The average Bonchev–Trinajstić information content (AvgIpc) is 3.24. The van der Waals surface area contributed by atoms with Crippen molar-refractivity contribution in [2.45, 2.75) is 13.1 Å². The molecule has 8 heteroatoms. The van der Waals surface area contributed by atoms with Gasteiger partial charge in [0, 0.05) is 17.5 Å². The van der Waals surface area contributed by atoms with Crippen molar-refractivity contribution in [1.29, 1.82) is 0 Å². The zero-order valence-corrected chi connectivity index (χ0v) is 18.7. The normalized spacial score (nSPS) is 11.5. The van der Waals surface area contributed by atoms with E-state index < -0.39 is 11.2 Å². The van der Waals surface area contributed by atoms with Gasteiger partial charge in [0.05, 0.1) is 31.7 Å². The molecule has 5 rings (SSSR count). The van der Waals surface area contributed by atoms with Crippen molar-refractivity contribution in [3.8, 4) is 5.69 Å². The monoisotopic (exact) mass is 460 g/mol. The highest BCUT2D eigenvalue weighted by Crippen LogP contribution is 2.24. The topological polar surface area (TPSA) is 71.1 Å². The van der Waals surface area contributed by atoms with Gasteiger partial charge in [0.15, 0.2) is 11.2 Å². The van der Waals surface area contributed by atoms with E-state index in [1.165, 1.54) is 16.2 Å². The first-order chi connectivity index (χ1) is 16.1. The van der Waals surface area contributed by atoms with Crippen LogP contribution in [-0.2, 0) is 17.8 Å². The fourth-order valence-corrected chi connectivity index (χ4v) is 4.31. The predicted molar refractivity (Wildman–Crippen MR) is 130 cm³/mol.